The van der Waals surface area contributed by atoms with Gasteiger partial charge in [0.15, 0.2) is 0 Å². The van der Waals surface area contributed by atoms with Crippen LogP contribution < -0.4 is 11.1 Å². The Morgan fingerprint density at radius 1 is 1.21 bits per heavy atom. The molecule has 1 aromatic heterocycles. The highest BCUT2D eigenvalue weighted by Gasteiger charge is 2.27. The van der Waals surface area contributed by atoms with Gasteiger partial charge >= 0.3 is 0 Å². The SMILES string of the molecule is Cc1cc(C)cc(C(=O)Nc2sc3c(c2C(N)=O)CCC(C)C3)c1. The third-order valence-corrected chi connectivity index (χ3v) is 5.64. The number of carbonyl (C=O) groups excluding carboxylic acids is 2. The number of hydrogen-bond acceptors (Lipinski definition) is 3. The van der Waals surface area contributed by atoms with Crippen molar-refractivity contribution < 1.29 is 9.59 Å². The van der Waals surface area contributed by atoms with Crippen molar-refractivity contribution in [2.45, 2.75) is 40.0 Å². The predicted octanol–water partition coefficient (Wildman–Crippen LogP) is 3.84. The molecule has 1 atom stereocenters. The Hall–Kier alpha value is -2.14. The van der Waals surface area contributed by atoms with E-state index >= 15 is 0 Å². The average Bonchev–Trinajstić information content (AvgIpc) is 2.83. The Morgan fingerprint density at radius 2 is 1.88 bits per heavy atom. The Bertz CT molecular complexity index is 803. The van der Waals surface area contributed by atoms with E-state index in [1.165, 1.54) is 16.2 Å². The lowest BCUT2D eigenvalue weighted by Gasteiger charge is -2.18. The van der Waals surface area contributed by atoms with Crippen LogP contribution in [-0.4, -0.2) is 11.8 Å². The van der Waals surface area contributed by atoms with E-state index in [4.69, 9.17) is 5.73 Å². The first-order valence-electron chi connectivity index (χ1n) is 8.19. The first-order valence-corrected chi connectivity index (χ1v) is 9.00. The largest absolute Gasteiger partial charge is 0.365 e. The Kier molecular flexibility index (Phi) is 4.45. The van der Waals surface area contributed by atoms with Crippen LogP contribution in [0.1, 0.15) is 55.6 Å². The number of nitrogens with two attached hydrogens (primary N) is 1. The van der Waals surface area contributed by atoms with E-state index in [1.54, 1.807) is 0 Å². The summed E-state index contributed by atoms with van der Waals surface area (Å²) >= 11 is 1.49. The van der Waals surface area contributed by atoms with Gasteiger partial charge in [0.05, 0.1) is 5.56 Å². The van der Waals surface area contributed by atoms with Crippen molar-refractivity contribution in [2.75, 3.05) is 5.32 Å². The quantitative estimate of drug-likeness (QED) is 0.889. The molecule has 0 spiro atoms. The van der Waals surface area contributed by atoms with E-state index in [1.807, 2.05) is 32.0 Å². The van der Waals surface area contributed by atoms with Gasteiger partial charge in [-0.05, 0) is 56.7 Å². The monoisotopic (exact) mass is 342 g/mol. The van der Waals surface area contributed by atoms with Gasteiger partial charge in [0.1, 0.15) is 5.00 Å². The number of primary amides is 1. The molecule has 1 heterocycles. The number of aryl methyl sites for hydroxylation is 2. The first-order chi connectivity index (χ1) is 11.3. The molecule has 0 fully saturated rings. The van der Waals surface area contributed by atoms with Gasteiger partial charge in [-0.3, -0.25) is 9.59 Å². The van der Waals surface area contributed by atoms with E-state index in [-0.39, 0.29) is 5.91 Å². The molecule has 0 saturated heterocycles. The van der Waals surface area contributed by atoms with Crippen LogP contribution in [0.2, 0.25) is 0 Å². The van der Waals surface area contributed by atoms with Crippen molar-refractivity contribution in [2.24, 2.45) is 11.7 Å². The fourth-order valence-electron chi connectivity index (χ4n) is 3.38. The van der Waals surface area contributed by atoms with Gasteiger partial charge in [-0.1, -0.05) is 24.1 Å². The summed E-state index contributed by atoms with van der Waals surface area (Å²) in [7, 11) is 0. The van der Waals surface area contributed by atoms with Crippen molar-refractivity contribution in [3.8, 4) is 0 Å². The fourth-order valence-corrected chi connectivity index (χ4v) is 4.79. The third-order valence-electron chi connectivity index (χ3n) is 4.47. The maximum Gasteiger partial charge on any atom is 0.256 e. The van der Waals surface area contributed by atoms with Crippen LogP contribution in [0.5, 0.6) is 0 Å². The van der Waals surface area contributed by atoms with Crippen molar-refractivity contribution in [1.29, 1.82) is 0 Å². The van der Waals surface area contributed by atoms with Crippen LogP contribution in [0.15, 0.2) is 18.2 Å². The summed E-state index contributed by atoms with van der Waals surface area (Å²) in [4.78, 5) is 25.7. The molecule has 0 bridgehead atoms. The van der Waals surface area contributed by atoms with Gasteiger partial charge in [0, 0.05) is 10.4 Å². The molecule has 3 rings (SSSR count). The van der Waals surface area contributed by atoms with E-state index in [0.29, 0.717) is 22.0 Å². The number of nitrogens with one attached hydrogen (secondary N) is 1. The van der Waals surface area contributed by atoms with Crippen LogP contribution in [0.4, 0.5) is 5.00 Å². The third kappa shape index (κ3) is 3.22. The normalized spacial score (nSPS) is 16.5. The van der Waals surface area contributed by atoms with E-state index in [2.05, 4.69) is 12.2 Å². The maximum atomic E-state index is 12.6. The summed E-state index contributed by atoms with van der Waals surface area (Å²) in [6, 6.07) is 5.72. The van der Waals surface area contributed by atoms with Crippen molar-refractivity contribution >= 4 is 28.2 Å². The molecule has 3 N–H and O–H groups in total. The van der Waals surface area contributed by atoms with E-state index < -0.39 is 5.91 Å². The number of fused-ring (bicyclic) bond motifs is 1. The van der Waals surface area contributed by atoms with Crippen LogP contribution in [0.3, 0.4) is 0 Å². The molecule has 24 heavy (non-hydrogen) atoms. The van der Waals surface area contributed by atoms with Gasteiger partial charge in [0.2, 0.25) is 0 Å². The standard InChI is InChI=1S/C19H22N2O2S/c1-10-4-5-14-15(9-10)24-19(16(14)17(20)22)21-18(23)13-7-11(2)6-12(3)8-13/h6-8,10H,4-5,9H2,1-3H3,(H2,20,22)(H,21,23). The molecule has 4 nitrogen and oxygen atoms in total. The van der Waals surface area contributed by atoms with E-state index in [9.17, 15) is 9.59 Å². The molecule has 0 aliphatic heterocycles. The molecule has 1 unspecified atom stereocenters. The van der Waals surface area contributed by atoms with Crippen molar-refractivity contribution in [3.05, 3.63) is 50.9 Å². The second-order valence-electron chi connectivity index (χ2n) is 6.75. The molecule has 1 aliphatic rings. The summed E-state index contributed by atoms with van der Waals surface area (Å²) in [5.41, 5.74) is 9.80. The first kappa shape index (κ1) is 16.7. The second-order valence-corrected chi connectivity index (χ2v) is 7.86. The lowest BCUT2D eigenvalue weighted by molar-refractivity contribution is 0.1000. The summed E-state index contributed by atoms with van der Waals surface area (Å²) < 4.78 is 0. The van der Waals surface area contributed by atoms with Crippen molar-refractivity contribution in [1.82, 2.24) is 0 Å². The lowest BCUT2D eigenvalue weighted by atomic mass is 9.88. The minimum Gasteiger partial charge on any atom is -0.365 e. The average molecular weight is 342 g/mol. The topological polar surface area (TPSA) is 72.2 Å². The Morgan fingerprint density at radius 3 is 2.50 bits per heavy atom. The molecular weight excluding hydrogens is 320 g/mol. The number of benzene rings is 1. The van der Waals surface area contributed by atoms with Gasteiger partial charge < -0.3 is 11.1 Å². The highest BCUT2D eigenvalue weighted by molar-refractivity contribution is 7.17. The summed E-state index contributed by atoms with van der Waals surface area (Å²) in [5, 5.41) is 3.50. The number of anilines is 1. The smallest absolute Gasteiger partial charge is 0.256 e. The molecule has 0 radical (unpaired) electrons. The molecular formula is C19H22N2O2S. The molecule has 2 aromatic rings. The minimum absolute atomic E-state index is 0.198. The van der Waals surface area contributed by atoms with Gasteiger partial charge in [0.25, 0.3) is 11.8 Å². The molecule has 5 heteroatoms. The molecule has 2 amide bonds. The van der Waals surface area contributed by atoms with Crippen LogP contribution in [0, 0.1) is 19.8 Å². The zero-order valence-electron chi connectivity index (χ0n) is 14.2. The van der Waals surface area contributed by atoms with Gasteiger partial charge in [-0.25, -0.2) is 0 Å². The highest BCUT2D eigenvalue weighted by Crippen LogP contribution is 2.39. The lowest BCUT2D eigenvalue weighted by Crippen LogP contribution is -2.19. The maximum absolute atomic E-state index is 12.6. The molecule has 0 saturated carbocycles. The van der Waals surface area contributed by atoms with Crippen LogP contribution >= 0.6 is 11.3 Å². The summed E-state index contributed by atoms with van der Waals surface area (Å²) in [5.74, 6) is -0.0615. The van der Waals surface area contributed by atoms with Gasteiger partial charge in [-0.2, -0.15) is 0 Å². The zero-order chi connectivity index (χ0) is 17.4. The number of hydrogen-bond donors (Lipinski definition) is 2. The molecule has 1 aliphatic carbocycles. The highest BCUT2D eigenvalue weighted by atomic mass is 32.1. The number of carbonyl (C=O) groups is 2. The fraction of sp³-hybridized carbons (Fsp3) is 0.368. The summed E-state index contributed by atoms with van der Waals surface area (Å²) in [6.45, 7) is 6.13. The van der Waals surface area contributed by atoms with Gasteiger partial charge in [-0.15, -0.1) is 11.3 Å². The second kappa shape index (κ2) is 6.40. The Labute approximate surface area is 146 Å². The van der Waals surface area contributed by atoms with Crippen LogP contribution in [-0.2, 0) is 12.8 Å². The summed E-state index contributed by atoms with van der Waals surface area (Å²) in [6.07, 6.45) is 2.85. The predicted molar refractivity (Wildman–Crippen MR) is 97.9 cm³/mol. The Balaban J connectivity index is 1.95. The number of rotatable bonds is 3. The van der Waals surface area contributed by atoms with Crippen molar-refractivity contribution in [3.63, 3.8) is 0 Å². The number of amides is 2. The van der Waals surface area contributed by atoms with E-state index in [0.717, 1.165) is 36.0 Å². The minimum atomic E-state index is -0.460. The molecule has 126 valence electrons. The van der Waals surface area contributed by atoms with Crippen LogP contribution in [0.25, 0.3) is 0 Å². The number of thiophene rings is 1. The zero-order valence-corrected chi connectivity index (χ0v) is 15.0. The molecule has 1 aromatic carbocycles.